The van der Waals surface area contributed by atoms with Gasteiger partial charge in [-0.1, -0.05) is 30.3 Å². The number of carbonyl (C=O) groups excluding carboxylic acids is 1. The fraction of sp³-hybridized carbons (Fsp3) is 0.312. The number of hydrogen-bond acceptors (Lipinski definition) is 4. The highest BCUT2D eigenvalue weighted by molar-refractivity contribution is 5.79. The highest BCUT2D eigenvalue weighted by Gasteiger charge is 2.27. The Kier molecular flexibility index (Phi) is 4.09. The highest BCUT2D eigenvalue weighted by Crippen LogP contribution is 2.16. The molecule has 1 aliphatic rings. The lowest BCUT2D eigenvalue weighted by Crippen LogP contribution is -2.32. The Morgan fingerprint density at radius 2 is 2.10 bits per heavy atom. The predicted octanol–water partition coefficient (Wildman–Crippen LogP) is 1.70. The van der Waals surface area contributed by atoms with Gasteiger partial charge in [-0.05, 0) is 11.6 Å². The molecule has 1 saturated heterocycles. The van der Waals surface area contributed by atoms with Crippen molar-refractivity contribution >= 4 is 5.91 Å². The second kappa shape index (κ2) is 6.35. The van der Waals surface area contributed by atoms with E-state index in [-0.39, 0.29) is 12.0 Å². The van der Waals surface area contributed by atoms with E-state index in [0.717, 1.165) is 18.5 Å². The summed E-state index contributed by atoms with van der Waals surface area (Å²) in [4.78, 5) is 14.1. The van der Waals surface area contributed by atoms with Crippen molar-refractivity contribution in [1.29, 1.82) is 0 Å². The zero-order valence-electron chi connectivity index (χ0n) is 11.7. The van der Waals surface area contributed by atoms with Gasteiger partial charge >= 0.3 is 0 Å². The molecule has 1 aliphatic heterocycles. The van der Waals surface area contributed by atoms with E-state index >= 15 is 0 Å². The molecular formula is C16H17N3O2. The summed E-state index contributed by atoms with van der Waals surface area (Å²) in [6.07, 6.45) is 2.88. The summed E-state index contributed by atoms with van der Waals surface area (Å²) in [6, 6.07) is 13.4. The first-order valence-electron chi connectivity index (χ1n) is 7.07. The number of likely N-dealkylation sites (tertiary alicyclic amines) is 1. The van der Waals surface area contributed by atoms with Gasteiger partial charge in [-0.15, -0.1) is 5.10 Å². The van der Waals surface area contributed by atoms with Crippen LogP contribution in [0.15, 0.2) is 48.7 Å². The van der Waals surface area contributed by atoms with Crippen LogP contribution in [0, 0.1) is 0 Å². The van der Waals surface area contributed by atoms with Crippen LogP contribution in [-0.4, -0.2) is 40.2 Å². The molecule has 1 aromatic carbocycles. The van der Waals surface area contributed by atoms with Crippen molar-refractivity contribution in [2.24, 2.45) is 0 Å². The highest BCUT2D eigenvalue weighted by atomic mass is 16.5. The maximum atomic E-state index is 12.3. The molecule has 0 bridgehead atoms. The molecule has 5 heteroatoms. The molecule has 2 heterocycles. The van der Waals surface area contributed by atoms with Crippen molar-refractivity contribution in [3.8, 4) is 5.88 Å². The molecule has 1 unspecified atom stereocenters. The number of ether oxygens (including phenoxy) is 1. The summed E-state index contributed by atoms with van der Waals surface area (Å²) in [5, 5.41) is 7.69. The van der Waals surface area contributed by atoms with E-state index in [2.05, 4.69) is 10.2 Å². The first-order chi connectivity index (χ1) is 10.3. The van der Waals surface area contributed by atoms with E-state index in [1.54, 1.807) is 18.3 Å². The molecule has 1 aromatic heterocycles. The van der Waals surface area contributed by atoms with Crippen molar-refractivity contribution in [1.82, 2.24) is 15.1 Å². The molecule has 1 fully saturated rings. The van der Waals surface area contributed by atoms with Gasteiger partial charge in [-0.25, -0.2) is 0 Å². The van der Waals surface area contributed by atoms with Crippen molar-refractivity contribution in [3.05, 3.63) is 54.2 Å². The summed E-state index contributed by atoms with van der Waals surface area (Å²) in [5.74, 6) is 0.659. The van der Waals surface area contributed by atoms with Crippen LogP contribution in [0.5, 0.6) is 5.88 Å². The molecule has 0 spiro atoms. The molecule has 0 radical (unpaired) electrons. The summed E-state index contributed by atoms with van der Waals surface area (Å²) >= 11 is 0. The van der Waals surface area contributed by atoms with Gasteiger partial charge in [-0.3, -0.25) is 4.79 Å². The van der Waals surface area contributed by atoms with E-state index in [4.69, 9.17) is 4.74 Å². The Morgan fingerprint density at radius 3 is 2.86 bits per heavy atom. The topological polar surface area (TPSA) is 55.3 Å². The number of aromatic nitrogens is 2. The van der Waals surface area contributed by atoms with Crippen LogP contribution in [0.1, 0.15) is 12.0 Å². The van der Waals surface area contributed by atoms with Crippen molar-refractivity contribution in [2.75, 3.05) is 13.1 Å². The lowest BCUT2D eigenvalue weighted by molar-refractivity contribution is -0.129. The largest absolute Gasteiger partial charge is 0.471 e. The number of nitrogens with zero attached hydrogens (tertiary/aromatic N) is 3. The Bertz CT molecular complexity index is 589. The zero-order chi connectivity index (χ0) is 14.5. The monoisotopic (exact) mass is 283 g/mol. The number of benzene rings is 1. The standard InChI is InChI=1S/C16H17N3O2/c20-16(11-13-5-2-1-3-6-13)19-10-8-14(12-19)21-15-7-4-9-17-18-15/h1-7,9,14H,8,10-12H2. The minimum Gasteiger partial charge on any atom is -0.471 e. The first-order valence-corrected chi connectivity index (χ1v) is 7.07. The zero-order valence-corrected chi connectivity index (χ0v) is 11.7. The quantitative estimate of drug-likeness (QED) is 0.857. The van der Waals surface area contributed by atoms with Crippen molar-refractivity contribution in [3.63, 3.8) is 0 Å². The average molecular weight is 283 g/mol. The lowest BCUT2D eigenvalue weighted by atomic mass is 10.1. The number of hydrogen-bond donors (Lipinski definition) is 0. The molecule has 2 aromatic rings. The Morgan fingerprint density at radius 1 is 1.24 bits per heavy atom. The maximum absolute atomic E-state index is 12.3. The van der Waals surface area contributed by atoms with Gasteiger partial charge in [0, 0.05) is 25.2 Å². The third kappa shape index (κ3) is 3.56. The van der Waals surface area contributed by atoms with E-state index in [9.17, 15) is 4.79 Å². The fourth-order valence-electron chi connectivity index (χ4n) is 2.45. The number of carbonyl (C=O) groups is 1. The van der Waals surface area contributed by atoms with Crippen LogP contribution in [0.3, 0.4) is 0 Å². The molecule has 0 aliphatic carbocycles. The molecule has 1 amide bonds. The second-order valence-electron chi connectivity index (χ2n) is 5.09. The van der Waals surface area contributed by atoms with Crippen molar-refractivity contribution in [2.45, 2.75) is 18.9 Å². The molecule has 0 saturated carbocycles. The first kappa shape index (κ1) is 13.5. The van der Waals surface area contributed by atoms with E-state index in [0.29, 0.717) is 18.8 Å². The second-order valence-corrected chi connectivity index (χ2v) is 5.09. The van der Waals surface area contributed by atoms with Crippen LogP contribution < -0.4 is 4.74 Å². The average Bonchev–Trinajstić information content (AvgIpc) is 2.98. The van der Waals surface area contributed by atoms with Gasteiger partial charge in [0.2, 0.25) is 11.8 Å². The van der Waals surface area contributed by atoms with E-state index in [1.165, 1.54) is 0 Å². The smallest absolute Gasteiger partial charge is 0.233 e. The maximum Gasteiger partial charge on any atom is 0.233 e. The minimum atomic E-state index is 0.00132. The van der Waals surface area contributed by atoms with Crippen LogP contribution in [0.4, 0.5) is 0 Å². The van der Waals surface area contributed by atoms with E-state index in [1.807, 2.05) is 35.2 Å². The van der Waals surface area contributed by atoms with Gasteiger partial charge in [-0.2, -0.15) is 5.10 Å². The normalized spacial score (nSPS) is 17.7. The third-order valence-corrected chi connectivity index (χ3v) is 3.53. The molecule has 108 valence electrons. The summed E-state index contributed by atoms with van der Waals surface area (Å²) < 4.78 is 5.74. The lowest BCUT2D eigenvalue weighted by Gasteiger charge is -2.16. The predicted molar refractivity (Wildman–Crippen MR) is 77.8 cm³/mol. The van der Waals surface area contributed by atoms with Crippen LogP contribution >= 0.6 is 0 Å². The third-order valence-electron chi connectivity index (χ3n) is 3.53. The van der Waals surface area contributed by atoms with Gasteiger partial charge in [0.15, 0.2) is 0 Å². The van der Waals surface area contributed by atoms with E-state index < -0.39 is 0 Å². The molecular weight excluding hydrogens is 266 g/mol. The van der Waals surface area contributed by atoms with Crippen LogP contribution in [0.2, 0.25) is 0 Å². The number of amides is 1. The van der Waals surface area contributed by atoms with Gasteiger partial charge in [0.05, 0.1) is 13.0 Å². The molecule has 0 N–H and O–H groups in total. The summed E-state index contributed by atoms with van der Waals surface area (Å²) in [7, 11) is 0. The number of rotatable bonds is 4. The summed E-state index contributed by atoms with van der Waals surface area (Å²) in [6.45, 7) is 1.35. The molecule has 5 nitrogen and oxygen atoms in total. The van der Waals surface area contributed by atoms with Crippen LogP contribution in [0.25, 0.3) is 0 Å². The van der Waals surface area contributed by atoms with Gasteiger partial charge in [0.1, 0.15) is 6.10 Å². The fourth-order valence-corrected chi connectivity index (χ4v) is 2.45. The van der Waals surface area contributed by atoms with Gasteiger partial charge in [0.25, 0.3) is 0 Å². The van der Waals surface area contributed by atoms with Gasteiger partial charge < -0.3 is 9.64 Å². The Hall–Kier alpha value is -2.43. The molecule has 3 rings (SSSR count). The SMILES string of the molecule is O=C(Cc1ccccc1)N1CCC(Oc2cccnn2)C1. The molecule has 21 heavy (non-hydrogen) atoms. The minimum absolute atomic E-state index is 0.00132. The molecule has 1 atom stereocenters. The van der Waals surface area contributed by atoms with Crippen molar-refractivity contribution < 1.29 is 9.53 Å². The summed E-state index contributed by atoms with van der Waals surface area (Å²) in [5.41, 5.74) is 1.04. The van der Waals surface area contributed by atoms with Crippen LogP contribution in [-0.2, 0) is 11.2 Å². The Labute approximate surface area is 123 Å². The Balaban J connectivity index is 1.53.